The summed E-state index contributed by atoms with van der Waals surface area (Å²) >= 11 is 0. The molecule has 0 aromatic heterocycles. The summed E-state index contributed by atoms with van der Waals surface area (Å²) in [6.07, 6.45) is 14.6. The van der Waals surface area contributed by atoms with E-state index >= 15 is 0 Å². The Hall–Kier alpha value is -0.0400. The van der Waals surface area contributed by atoms with Crippen LogP contribution >= 0.6 is 0 Å². The molecule has 0 saturated heterocycles. The van der Waals surface area contributed by atoms with Crippen LogP contribution in [-0.2, 0) is 0 Å². The normalized spacial score (nSPS) is 32.3. The maximum absolute atomic E-state index is 3.93. The lowest BCUT2D eigenvalue weighted by molar-refractivity contribution is 0.225. The first-order valence-electron chi connectivity index (χ1n) is 8.53. The van der Waals surface area contributed by atoms with E-state index in [9.17, 15) is 0 Å². The van der Waals surface area contributed by atoms with Crippen molar-refractivity contribution in [1.82, 2.24) is 5.32 Å². The molecular formula is C17H33N. The minimum atomic E-state index is 0.808. The van der Waals surface area contributed by atoms with Gasteiger partial charge in [0, 0.05) is 6.04 Å². The molecule has 1 heteroatoms. The van der Waals surface area contributed by atoms with Crippen LogP contribution in [0.15, 0.2) is 0 Å². The Balaban J connectivity index is 1.72. The molecule has 0 amide bonds. The average molecular weight is 251 g/mol. The Labute approximate surface area is 114 Å². The fourth-order valence-corrected chi connectivity index (χ4v) is 4.24. The highest BCUT2D eigenvalue weighted by Gasteiger charge is 2.24. The second-order valence-corrected chi connectivity index (χ2v) is 6.96. The third-order valence-corrected chi connectivity index (χ3v) is 5.37. The molecule has 106 valence electrons. The van der Waals surface area contributed by atoms with Crippen LogP contribution in [0.4, 0.5) is 0 Å². The molecule has 2 rings (SSSR count). The number of hydrogen-bond acceptors (Lipinski definition) is 1. The molecule has 3 unspecified atom stereocenters. The van der Waals surface area contributed by atoms with Gasteiger partial charge >= 0.3 is 0 Å². The van der Waals surface area contributed by atoms with Crippen LogP contribution in [0.1, 0.15) is 78.1 Å². The summed E-state index contributed by atoms with van der Waals surface area (Å²) in [6, 6.07) is 0.808. The predicted octanol–water partition coefficient (Wildman–Crippen LogP) is 4.76. The average Bonchev–Trinajstić information content (AvgIpc) is 2.41. The summed E-state index contributed by atoms with van der Waals surface area (Å²) in [4.78, 5) is 0. The molecule has 2 saturated carbocycles. The van der Waals surface area contributed by atoms with Gasteiger partial charge in [-0.1, -0.05) is 46.0 Å². The summed E-state index contributed by atoms with van der Waals surface area (Å²) in [5.41, 5.74) is 0. The fraction of sp³-hybridized carbons (Fsp3) is 1.00. The van der Waals surface area contributed by atoms with Crippen molar-refractivity contribution in [1.29, 1.82) is 0 Å². The van der Waals surface area contributed by atoms with E-state index in [1.165, 1.54) is 70.8 Å². The molecule has 0 spiro atoms. The molecule has 3 atom stereocenters. The van der Waals surface area contributed by atoms with Crippen molar-refractivity contribution in [3.63, 3.8) is 0 Å². The third-order valence-electron chi connectivity index (χ3n) is 5.37. The number of hydrogen-bond donors (Lipinski definition) is 1. The Morgan fingerprint density at radius 3 is 2.44 bits per heavy atom. The molecule has 18 heavy (non-hydrogen) atoms. The van der Waals surface area contributed by atoms with E-state index in [0.717, 1.165) is 23.8 Å². The van der Waals surface area contributed by atoms with Gasteiger partial charge in [0.05, 0.1) is 0 Å². The van der Waals surface area contributed by atoms with Crippen LogP contribution in [0.5, 0.6) is 0 Å². The second-order valence-electron chi connectivity index (χ2n) is 6.96. The van der Waals surface area contributed by atoms with Gasteiger partial charge in [0.15, 0.2) is 0 Å². The SMILES string of the molecule is CCC(NCC1CCCC(C)C1)C1CCCCC1. The van der Waals surface area contributed by atoms with Gasteiger partial charge in [-0.2, -0.15) is 0 Å². The minimum absolute atomic E-state index is 0.808. The molecule has 0 heterocycles. The highest BCUT2D eigenvalue weighted by molar-refractivity contribution is 4.80. The number of rotatable bonds is 5. The largest absolute Gasteiger partial charge is 0.313 e. The van der Waals surface area contributed by atoms with Gasteiger partial charge in [-0.25, -0.2) is 0 Å². The summed E-state index contributed by atoms with van der Waals surface area (Å²) < 4.78 is 0. The van der Waals surface area contributed by atoms with Gasteiger partial charge in [0.1, 0.15) is 0 Å². The highest BCUT2D eigenvalue weighted by Crippen LogP contribution is 2.30. The van der Waals surface area contributed by atoms with Crippen molar-refractivity contribution in [3.8, 4) is 0 Å². The molecule has 0 aliphatic heterocycles. The van der Waals surface area contributed by atoms with Gasteiger partial charge in [0.2, 0.25) is 0 Å². The first-order chi connectivity index (χ1) is 8.79. The van der Waals surface area contributed by atoms with Gasteiger partial charge in [-0.15, -0.1) is 0 Å². The monoisotopic (exact) mass is 251 g/mol. The lowest BCUT2D eigenvalue weighted by Gasteiger charge is -2.33. The zero-order valence-electron chi connectivity index (χ0n) is 12.6. The lowest BCUT2D eigenvalue weighted by Crippen LogP contribution is -2.40. The zero-order chi connectivity index (χ0) is 12.8. The predicted molar refractivity (Wildman–Crippen MR) is 79.8 cm³/mol. The highest BCUT2D eigenvalue weighted by atomic mass is 14.9. The first kappa shape index (κ1) is 14.4. The van der Waals surface area contributed by atoms with Crippen molar-refractivity contribution in [3.05, 3.63) is 0 Å². The smallest absolute Gasteiger partial charge is 0.00928 e. The molecule has 2 aliphatic carbocycles. The van der Waals surface area contributed by atoms with Crippen LogP contribution < -0.4 is 5.32 Å². The summed E-state index contributed by atoms with van der Waals surface area (Å²) in [5, 5.41) is 3.93. The van der Waals surface area contributed by atoms with Crippen molar-refractivity contribution in [2.24, 2.45) is 17.8 Å². The molecular weight excluding hydrogens is 218 g/mol. The Bertz CT molecular complexity index is 220. The van der Waals surface area contributed by atoms with E-state index in [-0.39, 0.29) is 0 Å². The maximum Gasteiger partial charge on any atom is 0.00928 e. The Morgan fingerprint density at radius 1 is 1.00 bits per heavy atom. The van der Waals surface area contributed by atoms with Crippen molar-refractivity contribution < 1.29 is 0 Å². The van der Waals surface area contributed by atoms with E-state index in [2.05, 4.69) is 19.2 Å². The summed E-state index contributed by atoms with van der Waals surface area (Å²) in [6.45, 7) is 6.10. The van der Waals surface area contributed by atoms with Crippen LogP contribution in [0.2, 0.25) is 0 Å². The van der Waals surface area contributed by atoms with Gasteiger partial charge in [-0.3, -0.25) is 0 Å². The van der Waals surface area contributed by atoms with Crippen molar-refractivity contribution >= 4 is 0 Å². The minimum Gasteiger partial charge on any atom is -0.313 e. The number of nitrogens with one attached hydrogen (secondary N) is 1. The molecule has 1 N–H and O–H groups in total. The maximum atomic E-state index is 3.93. The van der Waals surface area contributed by atoms with Crippen LogP contribution in [-0.4, -0.2) is 12.6 Å². The van der Waals surface area contributed by atoms with E-state index in [1.807, 2.05) is 0 Å². The Kier molecular flexibility index (Phi) is 6.01. The second kappa shape index (κ2) is 7.53. The van der Waals surface area contributed by atoms with Crippen molar-refractivity contribution in [2.75, 3.05) is 6.54 Å². The van der Waals surface area contributed by atoms with Crippen LogP contribution in [0.25, 0.3) is 0 Å². The molecule has 0 aromatic carbocycles. The quantitative estimate of drug-likeness (QED) is 0.743. The zero-order valence-corrected chi connectivity index (χ0v) is 12.6. The molecule has 2 aliphatic rings. The summed E-state index contributed by atoms with van der Waals surface area (Å²) in [7, 11) is 0. The Morgan fingerprint density at radius 2 is 1.78 bits per heavy atom. The molecule has 1 nitrogen and oxygen atoms in total. The molecule has 0 bridgehead atoms. The van der Waals surface area contributed by atoms with E-state index in [1.54, 1.807) is 0 Å². The first-order valence-corrected chi connectivity index (χ1v) is 8.53. The summed E-state index contributed by atoms with van der Waals surface area (Å²) in [5.74, 6) is 2.91. The van der Waals surface area contributed by atoms with E-state index in [0.29, 0.717) is 0 Å². The molecule has 2 fully saturated rings. The lowest BCUT2D eigenvalue weighted by atomic mass is 9.80. The molecule has 0 aromatic rings. The molecule has 0 radical (unpaired) electrons. The van der Waals surface area contributed by atoms with Gasteiger partial charge in [-0.05, 0) is 56.4 Å². The fourth-order valence-electron chi connectivity index (χ4n) is 4.24. The van der Waals surface area contributed by atoms with Crippen LogP contribution in [0.3, 0.4) is 0 Å². The van der Waals surface area contributed by atoms with Crippen molar-refractivity contribution in [2.45, 2.75) is 84.1 Å². The topological polar surface area (TPSA) is 12.0 Å². The van der Waals surface area contributed by atoms with E-state index in [4.69, 9.17) is 0 Å². The standard InChI is InChI=1S/C17H33N/c1-3-17(16-10-5-4-6-11-16)18-13-15-9-7-8-14(2)12-15/h14-18H,3-13H2,1-2H3. The van der Waals surface area contributed by atoms with Gasteiger partial charge < -0.3 is 5.32 Å². The van der Waals surface area contributed by atoms with Crippen LogP contribution in [0, 0.1) is 17.8 Å². The van der Waals surface area contributed by atoms with Gasteiger partial charge in [0.25, 0.3) is 0 Å². The third kappa shape index (κ3) is 4.26. The van der Waals surface area contributed by atoms with E-state index < -0.39 is 0 Å².